The van der Waals surface area contributed by atoms with Crippen molar-refractivity contribution in [3.05, 3.63) is 40.8 Å². The molecule has 0 unspecified atom stereocenters. The molecule has 0 radical (unpaired) electrons. The van der Waals surface area contributed by atoms with Gasteiger partial charge in [-0.15, -0.1) is 0 Å². The average Bonchev–Trinajstić information content (AvgIpc) is 2.97. The van der Waals surface area contributed by atoms with E-state index in [4.69, 9.17) is 0 Å². The van der Waals surface area contributed by atoms with E-state index in [2.05, 4.69) is 10.4 Å². The highest BCUT2D eigenvalue weighted by molar-refractivity contribution is 7.89. The van der Waals surface area contributed by atoms with Crippen molar-refractivity contribution in [1.82, 2.24) is 24.1 Å². The Bertz CT molecular complexity index is 828. The summed E-state index contributed by atoms with van der Waals surface area (Å²) < 4.78 is 28.0. The number of para-hydroxylation sites is 1. The summed E-state index contributed by atoms with van der Waals surface area (Å²) in [6, 6.07) is 8.75. The average molecular weight is 337 g/mol. The normalized spacial score (nSPS) is 19.8. The minimum absolute atomic E-state index is 0.0608. The van der Waals surface area contributed by atoms with Gasteiger partial charge in [0.1, 0.15) is 0 Å². The maximum atomic E-state index is 12.5. The van der Waals surface area contributed by atoms with E-state index in [0.29, 0.717) is 25.1 Å². The molecule has 3 rings (SSSR count). The Kier molecular flexibility index (Phi) is 4.31. The molecule has 1 atom stereocenters. The van der Waals surface area contributed by atoms with E-state index in [0.717, 1.165) is 0 Å². The van der Waals surface area contributed by atoms with Gasteiger partial charge in [0.2, 0.25) is 10.0 Å². The molecular weight excluding hydrogens is 318 g/mol. The van der Waals surface area contributed by atoms with Crippen LogP contribution >= 0.6 is 0 Å². The first-order chi connectivity index (χ1) is 11.0. The summed E-state index contributed by atoms with van der Waals surface area (Å²) in [6.45, 7) is 2.38. The van der Waals surface area contributed by atoms with E-state index in [1.165, 1.54) is 13.7 Å². The molecule has 1 aromatic heterocycles. The molecule has 0 bridgehead atoms. The van der Waals surface area contributed by atoms with Crippen molar-refractivity contribution < 1.29 is 8.42 Å². The second-order valence-corrected chi connectivity index (χ2v) is 7.77. The van der Waals surface area contributed by atoms with Crippen LogP contribution in [0.1, 0.15) is 25.8 Å². The van der Waals surface area contributed by atoms with E-state index >= 15 is 0 Å². The van der Waals surface area contributed by atoms with Crippen molar-refractivity contribution >= 4 is 10.0 Å². The minimum atomic E-state index is -3.26. The predicted octanol–water partition coefficient (Wildman–Crippen LogP) is 0.416. The highest BCUT2D eigenvalue weighted by Gasteiger charge is 2.30. The Morgan fingerprint density at radius 1 is 1.22 bits per heavy atom. The van der Waals surface area contributed by atoms with E-state index in [1.54, 1.807) is 19.1 Å². The summed E-state index contributed by atoms with van der Waals surface area (Å²) >= 11 is 0. The zero-order valence-electron chi connectivity index (χ0n) is 12.9. The SMILES string of the molecule is CCS(=O)(=O)N1CCC[C@H](n2nnn(-c3ccccc3)c2=O)C1. The second kappa shape index (κ2) is 6.25. The zero-order valence-corrected chi connectivity index (χ0v) is 13.7. The Hall–Kier alpha value is -2.00. The van der Waals surface area contributed by atoms with Gasteiger partial charge in [0.15, 0.2) is 0 Å². The largest absolute Gasteiger partial charge is 0.368 e. The van der Waals surface area contributed by atoms with Crippen LogP contribution in [0.15, 0.2) is 35.1 Å². The molecular formula is C14H19N5O3S. The van der Waals surface area contributed by atoms with Crippen molar-refractivity contribution in [3.8, 4) is 5.69 Å². The molecule has 1 aliphatic heterocycles. The molecule has 124 valence electrons. The Labute approximate surface area is 134 Å². The molecule has 9 heteroatoms. The summed E-state index contributed by atoms with van der Waals surface area (Å²) in [4.78, 5) is 12.5. The van der Waals surface area contributed by atoms with Crippen molar-refractivity contribution in [1.29, 1.82) is 0 Å². The third-order valence-corrected chi connectivity index (χ3v) is 5.92. The van der Waals surface area contributed by atoms with Gasteiger partial charge in [-0.1, -0.05) is 18.2 Å². The number of hydrogen-bond acceptors (Lipinski definition) is 5. The third-order valence-electron chi connectivity index (χ3n) is 4.07. The van der Waals surface area contributed by atoms with E-state index < -0.39 is 10.0 Å². The summed E-state index contributed by atoms with van der Waals surface area (Å²) in [7, 11) is -3.26. The van der Waals surface area contributed by atoms with E-state index in [1.807, 2.05) is 18.2 Å². The Balaban J connectivity index is 1.88. The van der Waals surface area contributed by atoms with Crippen LogP contribution in [0.2, 0.25) is 0 Å². The lowest BCUT2D eigenvalue weighted by Crippen LogP contribution is -2.43. The fourth-order valence-corrected chi connectivity index (χ4v) is 3.94. The monoisotopic (exact) mass is 337 g/mol. The number of sulfonamides is 1. The van der Waals surface area contributed by atoms with Crippen LogP contribution in [0.5, 0.6) is 0 Å². The molecule has 1 aliphatic rings. The quantitative estimate of drug-likeness (QED) is 0.806. The third kappa shape index (κ3) is 3.06. The van der Waals surface area contributed by atoms with Gasteiger partial charge in [-0.2, -0.15) is 13.7 Å². The molecule has 0 aliphatic carbocycles. The topological polar surface area (TPSA) is 90.1 Å². The van der Waals surface area contributed by atoms with Gasteiger partial charge in [-0.25, -0.2) is 13.2 Å². The molecule has 0 saturated carbocycles. The predicted molar refractivity (Wildman–Crippen MR) is 84.9 cm³/mol. The van der Waals surface area contributed by atoms with Gasteiger partial charge in [0.05, 0.1) is 17.5 Å². The molecule has 2 aromatic rings. The lowest BCUT2D eigenvalue weighted by atomic mass is 10.1. The fourth-order valence-electron chi connectivity index (χ4n) is 2.77. The van der Waals surface area contributed by atoms with Crippen molar-refractivity contribution in [2.45, 2.75) is 25.8 Å². The smallest absolute Gasteiger partial charge is 0.244 e. The summed E-state index contributed by atoms with van der Waals surface area (Å²) in [6.07, 6.45) is 1.41. The number of benzene rings is 1. The highest BCUT2D eigenvalue weighted by atomic mass is 32.2. The van der Waals surface area contributed by atoms with Gasteiger partial charge < -0.3 is 0 Å². The lowest BCUT2D eigenvalue weighted by molar-refractivity contribution is 0.247. The summed E-state index contributed by atoms with van der Waals surface area (Å²) in [5.74, 6) is 0.0608. The standard InChI is InChI=1S/C14H19N5O3S/c1-2-23(21,22)17-10-6-9-13(11-17)19-14(20)18(15-16-19)12-7-4-3-5-8-12/h3-5,7-8,13H,2,6,9-11H2,1H3/t13-/m0/s1. The first kappa shape index (κ1) is 15.9. The molecule has 0 spiro atoms. The molecule has 1 fully saturated rings. The van der Waals surface area contributed by atoms with Crippen molar-refractivity contribution in [2.24, 2.45) is 0 Å². The second-order valence-electron chi connectivity index (χ2n) is 5.51. The van der Waals surface area contributed by atoms with Crippen LogP contribution in [-0.2, 0) is 10.0 Å². The summed E-state index contributed by atoms with van der Waals surface area (Å²) in [5, 5.41) is 7.87. The highest BCUT2D eigenvalue weighted by Crippen LogP contribution is 2.21. The minimum Gasteiger partial charge on any atom is -0.244 e. The van der Waals surface area contributed by atoms with Crippen LogP contribution in [-0.4, -0.2) is 51.4 Å². The number of tetrazole rings is 1. The first-order valence-electron chi connectivity index (χ1n) is 7.60. The fraction of sp³-hybridized carbons (Fsp3) is 0.500. The molecule has 1 aromatic carbocycles. The number of aromatic nitrogens is 4. The molecule has 0 N–H and O–H groups in total. The van der Waals surface area contributed by atoms with Crippen LogP contribution in [0.25, 0.3) is 5.69 Å². The molecule has 1 saturated heterocycles. The van der Waals surface area contributed by atoms with Gasteiger partial charge >= 0.3 is 5.69 Å². The first-order valence-corrected chi connectivity index (χ1v) is 9.21. The van der Waals surface area contributed by atoms with Crippen molar-refractivity contribution in [3.63, 3.8) is 0 Å². The zero-order chi connectivity index (χ0) is 16.4. The Morgan fingerprint density at radius 2 is 1.96 bits per heavy atom. The maximum absolute atomic E-state index is 12.5. The lowest BCUT2D eigenvalue weighted by Gasteiger charge is -2.30. The van der Waals surface area contributed by atoms with E-state index in [9.17, 15) is 13.2 Å². The Morgan fingerprint density at radius 3 is 2.65 bits per heavy atom. The maximum Gasteiger partial charge on any atom is 0.368 e. The van der Waals surface area contributed by atoms with Crippen molar-refractivity contribution in [2.75, 3.05) is 18.8 Å². The van der Waals surface area contributed by atoms with Gasteiger partial charge in [0, 0.05) is 13.1 Å². The number of piperidine rings is 1. The number of rotatable bonds is 4. The number of nitrogens with zero attached hydrogens (tertiary/aromatic N) is 5. The van der Waals surface area contributed by atoms with Gasteiger partial charge in [-0.3, -0.25) is 0 Å². The summed E-state index contributed by atoms with van der Waals surface area (Å²) in [5.41, 5.74) is 0.287. The van der Waals surface area contributed by atoms with E-state index in [-0.39, 0.29) is 24.0 Å². The van der Waals surface area contributed by atoms with Crippen LogP contribution in [0.4, 0.5) is 0 Å². The molecule has 23 heavy (non-hydrogen) atoms. The molecule has 8 nitrogen and oxygen atoms in total. The van der Waals surface area contributed by atoms with Gasteiger partial charge in [-0.05, 0) is 42.3 Å². The van der Waals surface area contributed by atoms with Crippen LogP contribution in [0, 0.1) is 0 Å². The molecule has 0 amide bonds. The van der Waals surface area contributed by atoms with Crippen LogP contribution in [0.3, 0.4) is 0 Å². The molecule has 2 heterocycles. The van der Waals surface area contributed by atoms with Gasteiger partial charge in [0.25, 0.3) is 0 Å². The van der Waals surface area contributed by atoms with Crippen LogP contribution < -0.4 is 5.69 Å². The number of hydrogen-bond donors (Lipinski definition) is 0.